The van der Waals surface area contributed by atoms with Crippen LogP contribution >= 0.6 is 0 Å². The molecule has 0 aliphatic carbocycles. The van der Waals surface area contributed by atoms with Crippen LogP contribution in [0.3, 0.4) is 0 Å². The molecule has 2 aliphatic rings. The van der Waals surface area contributed by atoms with Crippen LogP contribution in [0.2, 0.25) is 0 Å². The van der Waals surface area contributed by atoms with E-state index in [2.05, 4.69) is 11.4 Å². The molecule has 2 aliphatic heterocycles. The number of nitrogens with one attached hydrogen (secondary N) is 1. The third-order valence-corrected chi connectivity index (χ3v) is 3.39. The zero-order chi connectivity index (χ0) is 10.4. The van der Waals surface area contributed by atoms with Gasteiger partial charge in [0.2, 0.25) is 5.91 Å². The molecule has 2 unspecified atom stereocenters. The van der Waals surface area contributed by atoms with Crippen LogP contribution in [0.25, 0.3) is 0 Å². The first-order valence-corrected chi connectivity index (χ1v) is 5.41. The van der Waals surface area contributed by atoms with Gasteiger partial charge in [-0.2, -0.15) is 0 Å². The fourth-order valence-electron chi connectivity index (χ4n) is 2.84. The normalized spacial score (nSPS) is 27.7. The third-order valence-electron chi connectivity index (χ3n) is 3.39. The highest BCUT2D eigenvalue weighted by Gasteiger charge is 2.42. The molecule has 78 valence electrons. The molecule has 1 aromatic carbocycles. The Bertz CT molecular complexity index is 416. The standard InChI is InChI=1S/C12H14N2O/c1-8(15)14-10-5-3-2-4-9(10)12-11(14)6-7-13-12/h2-5,11-13H,6-7H2,1H3. The van der Waals surface area contributed by atoms with Crippen molar-refractivity contribution in [2.45, 2.75) is 25.4 Å². The molecule has 1 saturated heterocycles. The van der Waals surface area contributed by atoms with Gasteiger partial charge in [0.05, 0.1) is 12.1 Å². The zero-order valence-corrected chi connectivity index (χ0v) is 8.73. The predicted octanol–water partition coefficient (Wildman–Crippen LogP) is 1.46. The first kappa shape index (κ1) is 8.92. The molecule has 0 radical (unpaired) electrons. The van der Waals surface area contributed by atoms with Gasteiger partial charge in [0.1, 0.15) is 0 Å². The smallest absolute Gasteiger partial charge is 0.224 e. The van der Waals surface area contributed by atoms with E-state index in [1.807, 2.05) is 23.1 Å². The lowest BCUT2D eigenvalue weighted by molar-refractivity contribution is -0.116. The summed E-state index contributed by atoms with van der Waals surface area (Å²) in [6.07, 6.45) is 1.05. The summed E-state index contributed by atoms with van der Waals surface area (Å²) >= 11 is 0. The van der Waals surface area contributed by atoms with E-state index in [1.54, 1.807) is 6.92 Å². The number of para-hydroxylation sites is 1. The van der Waals surface area contributed by atoms with Crippen molar-refractivity contribution in [1.29, 1.82) is 0 Å². The number of anilines is 1. The fourth-order valence-corrected chi connectivity index (χ4v) is 2.84. The highest BCUT2D eigenvalue weighted by molar-refractivity contribution is 5.95. The lowest BCUT2D eigenvalue weighted by atomic mass is 10.1. The minimum atomic E-state index is 0.152. The summed E-state index contributed by atoms with van der Waals surface area (Å²) in [5.74, 6) is 0.152. The minimum absolute atomic E-state index is 0.152. The van der Waals surface area contributed by atoms with Crippen molar-refractivity contribution in [2.75, 3.05) is 11.4 Å². The van der Waals surface area contributed by atoms with Crippen molar-refractivity contribution >= 4 is 11.6 Å². The molecule has 1 aromatic rings. The molecule has 0 spiro atoms. The molecular formula is C12H14N2O. The first-order chi connectivity index (χ1) is 7.29. The summed E-state index contributed by atoms with van der Waals surface area (Å²) in [5, 5.41) is 3.47. The lowest BCUT2D eigenvalue weighted by Gasteiger charge is -2.22. The van der Waals surface area contributed by atoms with E-state index in [0.29, 0.717) is 12.1 Å². The van der Waals surface area contributed by atoms with Gasteiger partial charge in [0, 0.05) is 12.6 Å². The van der Waals surface area contributed by atoms with Crippen LogP contribution in [0.15, 0.2) is 24.3 Å². The molecule has 3 heteroatoms. The predicted molar refractivity (Wildman–Crippen MR) is 58.8 cm³/mol. The van der Waals surface area contributed by atoms with Gasteiger partial charge in [-0.3, -0.25) is 4.79 Å². The van der Waals surface area contributed by atoms with E-state index in [-0.39, 0.29) is 5.91 Å². The van der Waals surface area contributed by atoms with Gasteiger partial charge in [-0.1, -0.05) is 18.2 Å². The fraction of sp³-hybridized carbons (Fsp3) is 0.417. The summed E-state index contributed by atoms with van der Waals surface area (Å²) in [5.41, 5.74) is 2.36. The number of rotatable bonds is 0. The molecule has 0 bridgehead atoms. The maximum Gasteiger partial charge on any atom is 0.224 e. The maximum atomic E-state index is 11.6. The topological polar surface area (TPSA) is 32.3 Å². The van der Waals surface area contributed by atoms with Gasteiger partial charge >= 0.3 is 0 Å². The summed E-state index contributed by atoms with van der Waals surface area (Å²) in [4.78, 5) is 13.6. The number of carbonyl (C=O) groups excluding carboxylic acids is 1. The van der Waals surface area contributed by atoms with Gasteiger partial charge in [-0.05, 0) is 24.6 Å². The number of hydrogen-bond acceptors (Lipinski definition) is 2. The van der Waals surface area contributed by atoms with Crippen LogP contribution in [-0.2, 0) is 4.79 Å². The van der Waals surface area contributed by atoms with E-state index < -0.39 is 0 Å². The van der Waals surface area contributed by atoms with Crippen LogP contribution in [0.4, 0.5) is 5.69 Å². The van der Waals surface area contributed by atoms with Crippen molar-refractivity contribution in [2.24, 2.45) is 0 Å². The van der Waals surface area contributed by atoms with Crippen LogP contribution in [0, 0.1) is 0 Å². The maximum absolute atomic E-state index is 11.6. The van der Waals surface area contributed by atoms with Crippen molar-refractivity contribution in [3.63, 3.8) is 0 Å². The highest BCUT2D eigenvalue weighted by atomic mass is 16.2. The van der Waals surface area contributed by atoms with Gasteiger partial charge in [-0.15, -0.1) is 0 Å². The molecule has 0 saturated carbocycles. The third kappa shape index (κ3) is 1.13. The molecule has 2 heterocycles. The molecule has 2 atom stereocenters. The second kappa shape index (κ2) is 3.07. The second-order valence-corrected chi connectivity index (χ2v) is 4.24. The molecule has 1 N–H and O–H groups in total. The van der Waals surface area contributed by atoms with Crippen molar-refractivity contribution in [3.05, 3.63) is 29.8 Å². The van der Waals surface area contributed by atoms with Gasteiger partial charge in [-0.25, -0.2) is 0 Å². The summed E-state index contributed by atoms with van der Waals surface area (Å²) in [6.45, 7) is 2.66. The summed E-state index contributed by atoms with van der Waals surface area (Å²) in [6, 6.07) is 8.88. The average Bonchev–Trinajstić information content (AvgIpc) is 2.75. The van der Waals surface area contributed by atoms with E-state index in [0.717, 1.165) is 18.7 Å². The Labute approximate surface area is 89.1 Å². The highest BCUT2D eigenvalue weighted by Crippen LogP contribution is 2.42. The Morgan fingerprint density at radius 3 is 3.07 bits per heavy atom. The summed E-state index contributed by atoms with van der Waals surface area (Å²) in [7, 11) is 0. The van der Waals surface area contributed by atoms with Crippen molar-refractivity contribution < 1.29 is 4.79 Å². The van der Waals surface area contributed by atoms with Crippen molar-refractivity contribution in [3.8, 4) is 0 Å². The van der Waals surface area contributed by atoms with Gasteiger partial charge in [0.15, 0.2) is 0 Å². The van der Waals surface area contributed by atoms with E-state index >= 15 is 0 Å². The van der Waals surface area contributed by atoms with E-state index in [9.17, 15) is 4.79 Å². The van der Waals surface area contributed by atoms with Crippen LogP contribution in [0.5, 0.6) is 0 Å². The largest absolute Gasteiger partial charge is 0.308 e. The molecule has 3 nitrogen and oxygen atoms in total. The van der Waals surface area contributed by atoms with Crippen LogP contribution in [-0.4, -0.2) is 18.5 Å². The molecule has 1 amide bonds. The SMILES string of the molecule is CC(=O)N1c2ccccc2C2NCCC21. The zero-order valence-electron chi connectivity index (χ0n) is 8.73. The number of hydrogen-bond donors (Lipinski definition) is 1. The number of amides is 1. The van der Waals surface area contributed by atoms with Crippen molar-refractivity contribution in [1.82, 2.24) is 5.32 Å². The first-order valence-electron chi connectivity index (χ1n) is 5.41. The number of fused-ring (bicyclic) bond motifs is 3. The number of benzene rings is 1. The van der Waals surface area contributed by atoms with Crippen LogP contribution in [0.1, 0.15) is 24.9 Å². The Hall–Kier alpha value is -1.35. The Morgan fingerprint density at radius 1 is 1.47 bits per heavy atom. The molecular weight excluding hydrogens is 188 g/mol. The Balaban J connectivity index is 2.13. The minimum Gasteiger partial charge on any atom is -0.308 e. The number of nitrogens with zero attached hydrogens (tertiary/aromatic N) is 1. The van der Waals surface area contributed by atoms with Crippen LogP contribution < -0.4 is 10.2 Å². The molecule has 0 aromatic heterocycles. The molecule has 1 fully saturated rings. The molecule has 3 rings (SSSR count). The Morgan fingerprint density at radius 2 is 2.27 bits per heavy atom. The van der Waals surface area contributed by atoms with E-state index in [4.69, 9.17) is 0 Å². The Kier molecular flexibility index (Phi) is 1.83. The second-order valence-electron chi connectivity index (χ2n) is 4.24. The summed E-state index contributed by atoms with van der Waals surface area (Å²) < 4.78 is 0. The monoisotopic (exact) mass is 202 g/mol. The quantitative estimate of drug-likeness (QED) is 0.690. The number of carbonyl (C=O) groups is 1. The lowest BCUT2D eigenvalue weighted by Crippen LogP contribution is -2.36. The van der Waals surface area contributed by atoms with Gasteiger partial charge < -0.3 is 10.2 Å². The molecule has 15 heavy (non-hydrogen) atoms. The van der Waals surface area contributed by atoms with E-state index in [1.165, 1.54) is 5.56 Å². The average molecular weight is 202 g/mol. The van der Waals surface area contributed by atoms with Gasteiger partial charge in [0.25, 0.3) is 0 Å².